The second-order valence-corrected chi connectivity index (χ2v) is 9.85. The highest BCUT2D eigenvalue weighted by Crippen LogP contribution is 2.36. The van der Waals surface area contributed by atoms with Gasteiger partial charge in [0.2, 0.25) is 5.24 Å². The summed E-state index contributed by atoms with van der Waals surface area (Å²) in [6.07, 6.45) is 10.8. The summed E-state index contributed by atoms with van der Waals surface area (Å²) >= 11 is 6.05. The number of pyridine rings is 1. The van der Waals surface area contributed by atoms with Gasteiger partial charge in [0.05, 0.1) is 54.9 Å². The van der Waals surface area contributed by atoms with Gasteiger partial charge in [0, 0.05) is 31.4 Å². The number of rotatable bonds is 10. The molecule has 10 heteroatoms. The van der Waals surface area contributed by atoms with Crippen LogP contribution in [-0.4, -0.2) is 84.4 Å². The Balaban J connectivity index is 1.43. The fourth-order valence-corrected chi connectivity index (χ4v) is 4.90. The van der Waals surface area contributed by atoms with E-state index in [1.54, 1.807) is 16.9 Å². The molecule has 0 spiro atoms. The van der Waals surface area contributed by atoms with Crippen LogP contribution in [0.4, 0.5) is 0 Å². The van der Waals surface area contributed by atoms with Crippen molar-refractivity contribution in [3.8, 4) is 11.8 Å². The van der Waals surface area contributed by atoms with Crippen molar-refractivity contribution < 1.29 is 14.3 Å². The maximum Gasteiger partial charge on any atom is 0.230 e. The van der Waals surface area contributed by atoms with Crippen LogP contribution < -0.4 is 10.1 Å². The zero-order valence-corrected chi connectivity index (χ0v) is 21.8. The molecule has 36 heavy (non-hydrogen) atoms. The normalized spacial score (nSPS) is 19.7. The van der Waals surface area contributed by atoms with Crippen molar-refractivity contribution in [3.05, 3.63) is 47.9 Å². The van der Waals surface area contributed by atoms with Gasteiger partial charge < -0.3 is 19.7 Å². The maximum atomic E-state index is 12.3. The lowest BCUT2D eigenvalue weighted by molar-refractivity contribution is -0.128. The third-order valence-electron chi connectivity index (χ3n) is 6.82. The van der Waals surface area contributed by atoms with E-state index >= 15 is 0 Å². The third-order valence-corrected chi connectivity index (χ3v) is 7.22. The van der Waals surface area contributed by atoms with Crippen molar-refractivity contribution in [3.63, 3.8) is 0 Å². The molecule has 2 aromatic rings. The molecule has 1 N–H and O–H groups in total. The minimum atomic E-state index is -0.634. The van der Waals surface area contributed by atoms with E-state index < -0.39 is 5.41 Å². The number of dihydropyridines is 1. The lowest BCUT2D eigenvalue weighted by Crippen LogP contribution is -2.52. The number of piperidine rings is 1. The van der Waals surface area contributed by atoms with Gasteiger partial charge in [-0.15, -0.1) is 0 Å². The summed E-state index contributed by atoms with van der Waals surface area (Å²) in [5.74, 6) is 0.690. The summed E-state index contributed by atoms with van der Waals surface area (Å²) in [6, 6.07) is 4.17. The minimum Gasteiger partial charge on any atom is -0.492 e. The van der Waals surface area contributed by atoms with Crippen molar-refractivity contribution in [2.24, 2.45) is 5.41 Å². The Morgan fingerprint density at radius 3 is 2.78 bits per heavy atom. The molecule has 1 unspecified atom stereocenters. The summed E-state index contributed by atoms with van der Waals surface area (Å²) in [4.78, 5) is 16.7. The highest BCUT2D eigenvalue weighted by Gasteiger charge is 2.41. The molecular weight excluding hydrogens is 480 g/mol. The molecule has 192 valence electrons. The summed E-state index contributed by atoms with van der Waals surface area (Å²) < 4.78 is 13.2. The molecule has 2 aliphatic rings. The topological polar surface area (TPSA) is 95.1 Å². The van der Waals surface area contributed by atoms with Crippen molar-refractivity contribution in [1.29, 1.82) is 5.26 Å². The highest BCUT2D eigenvalue weighted by atomic mass is 35.5. The number of ether oxygens (including phenoxy) is 2. The molecule has 4 rings (SSSR count). The van der Waals surface area contributed by atoms with E-state index in [9.17, 15) is 10.1 Å². The van der Waals surface area contributed by atoms with Gasteiger partial charge in [0.15, 0.2) is 0 Å². The summed E-state index contributed by atoms with van der Waals surface area (Å²) in [6.45, 7) is 5.66. The number of likely N-dealkylation sites (N-methyl/N-ethyl adjacent to an activating group) is 1. The highest BCUT2D eigenvalue weighted by molar-refractivity contribution is 6.64. The number of nitriles is 1. The molecule has 1 atom stereocenters. The van der Waals surface area contributed by atoms with Gasteiger partial charge in [-0.1, -0.05) is 6.08 Å². The second-order valence-electron chi connectivity index (χ2n) is 9.50. The van der Waals surface area contributed by atoms with Gasteiger partial charge in [0.1, 0.15) is 11.8 Å². The van der Waals surface area contributed by atoms with Crippen molar-refractivity contribution in [2.75, 3.05) is 53.6 Å². The maximum absolute atomic E-state index is 12.3. The van der Waals surface area contributed by atoms with E-state index in [0.717, 1.165) is 36.3 Å². The molecule has 9 nitrogen and oxygen atoms in total. The van der Waals surface area contributed by atoms with Gasteiger partial charge in [-0.25, -0.2) is 4.52 Å². The quantitative estimate of drug-likeness (QED) is 0.383. The van der Waals surface area contributed by atoms with Gasteiger partial charge in [-0.05, 0) is 63.2 Å². The average molecular weight is 513 g/mol. The molecule has 2 aromatic heterocycles. The number of hydrogen-bond acceptors (Lipinski definition) is 8. The number of halogens is 1. The molecule has 0 bridgehead atoms. The molecule has 1 saturated heterocycles. The first-order chi connectivity index (χ1) is 17.4. The van der Waals surface area contributed by atoms with Crippen molar-refractivity contribution >= 4 is 27.9 Å². The second kappa shape index (κ2) is 11.4. The van der Waals surface area contributed by atoms with Gasteiger partial charge in [-0.3, -0.25) is 9.69 Å². The van der Waals surface area contributed by atoms with E-state index in [-0.39, 0.29) is 11.4 Å². The van der Waals surface area contributed by atoms with Crippen LogP contribution in [0.2, 0.25) is 0 Å². The lowest BCUT2D eigenvalue weighted by Gasteiger charge is -2.42. The molecule has 0 saturated carbocycles. The van der Waals surface area contributed by atoms with Crippen LogP contribution in [0.1, 0.15) is 30.9 Å². The number of nitrogens with zero attached hydrogens (tertiary/aromatic N) is 5. The smallest absolute Gasteiger partial charge is 0.230 e. The standard InChI is InChI=1S/C26H33ClN6O3/c1-4-36-21-13-22(24-20(14-28)16-30-33(24)17-21)19-5-6-23(29-15-19)32-9-7-26(8-10-32,25(27)34)18-35-12-11-31(2)3/h5-6,13,15-17,23,29H,4,7-12,18H2,1-3H3. The number of likely N-dealkylation sites (tertiary alicyclic amines) is 1. The Labute approximate surface area is 216 Å². The minimum absolute atomic E-state index is 0.00159. The number of nitrogens with one attached hydrogen (secondary N) is 1. The van der Waals surface area contributed by atoms with Crippen LogP contribution in [0.5, 0.6) is 5.75 Å². The number of carbonyl (C=O) groups excluding carboxylic acids is 1. The summed E-state index contributed by atoms with van der Waals surface area (Å²) in [5.41, 5.74) is 2.43. The summed E-state index contributed by atoms with van der Waals surface area (Å²) in [7, 11) is 3.98. The Kier molecular flexibility index (Phi) is 8.32. The fourth-order valence-electron chi connectivity index (χ4n) is 4.66. The molecule has 0 amide bonds. The van der Waals surface area contributed by atoms with Crippen LogP contribution in [0.15, 0.2) is 36.8 Å². The Morgan fingerprint density at radius 2 is 2.17 bits per heavy atom. The molecule has 1 fully saturated rings. The van der Waals surface area contributed by atoms with Crippen molar-refractivity contribution in [2.45, 2.75) is 25.9 Å². The molecule has 0 aliphatic carbocycles. The fraction of sp³-hybridized carbons (Fsp3) is 0.500. The Hall–Kier alpha value is -2.90. The predicted molar refractivity (Wildman–Crippen MR) is 139 cm³/mol. The molecule has 4 heterocycles. The van der Waals surface area contributed by atoms with Crippen molar-refractivity contribution in [1.82, 2.24) is 24.7 Å². The zero-order valence-electron chi connectivity index (χ0n) is 21.0. The van der Waals surface area contributed by atoms with E-state index in [1.807, 2.05) is 38.2 Å². The van der Waals surface area contributed by atoms with E-state index in [0.29, 0.717) is 44.0 Å². The lowest BCUT2D eigenvalue weighted by atomic mass is 9.80. The number of hydrogen-bond donors (Lipinski definition) is 1. The van der Waals surface area contributed by atoms with Gasteiger partial charge >= 0.3 is 0 Å². The van der Waals surface area contributed by atoms with E-state index in [1.165, 1.54) is 0 Å². The number of allylic oxidation sites excluding steroid dienone is 2. The van der Waals surface area contributed by atoms with Crippen LogP contribution >= 0.6 is 11.6 Å². The van der Waals surface area contributed by atoms with E-state index in [2.05, 4.69) is 33.5 Å². The Bertz CT molecular complexity index is 1190. The first-order valence-corrected chi connectivity index (χ1v) is 12.6. The van der Waals surface area contributed by atoms with Crippen LogP contribution in [0, 0.1) is 16.7 Å². The SMILES string of the molecule is CCOc1cc(C2=CNC(N3CCC(COCCN(C)C)(C(=O)Cl)CC3)C=C2)c2c(C#N)cnn2c1. The number of aromatic nitrogens is 2. The average Bonchev–Trinajstić information content (AvgIpc) is 3.30. The number of fused-ring (bicyclic) bond motifs is 1. The zero-order chi connectivity index (χ0) is 25.7. The molecular formula is C26H33ClN6O3. The van der Waals surface area contributed by atoms with Gasteiger partial charge in [-0.2, -0.15) is 10.4 Å². The van der Waals surface area contributed by atoms with Gasteiger partial charge in [0.25, 0.3) is 0 Å². The molecule has 0 radical (unpaired) electrons. The third kappa shape index (κ3) is 5.57. The number of carbonyl (C=O) groups is 1. The van der Waals surface area contributed by atoms with Crippen LogP contribution in [-0.2, 0) is 9.53 Å². The summed E-state index contributed by atoms with van der Waals surface area (Å²) in [5, 5.41) is 17.1. The first kappa shape index (κ1) is 26.2. The van der Waals surface area contributed by atoms with E-state index in [4.69, 9.17) is 21.1 Å². The van der Waals surface area contributed by atoms with Crippen LogP contribution in [0.3, 0.4) is 0 Å². The van der Waals surface area contributed by atoms with Crippen LogP contribution in [0.25, 0.3) is 11.1 Å². The first-order valence-electron chi connectivity index (χ1n) is 12.2. The largest absolute Gasteiger partial charge is 0.492 e. The predicted octanol–water partition coefficient (Wildman–Crippen LogP) is 2.86. The monoisotopic (exact) mass is 512 g/mol. The Morgan fingerprint density at radius 1 is 1.39 bits per heavy atom. The molecule has 2 aliphatic heterocycles. The molecule has 0 aromatic carbocycles.